The predicted octanol–water partition coefficient (Wildman–Crippen LogP) is 6.04. The van der Waals surface area contributed by atoms with Gasteiger partial charge in [-0.15, -0.1) is 0 Å². The summed E-state index contributed by atoms with van der Waals surface area (Å²) in [4.78, 5) is 18.1. The first-order valence-corrected chi connectivity index (χ1v) is 11.2. The topological polar surface area (TPSA) is 51.7 Å². The van der Waals surface area contributed by atoms with Gasteiger partial charge in [0.25, 0.3) is 0 Å². The highest BCUT2D eigenvalue weighted by molar-refractivity contribution is 5.68. The number of pyridine rings is 1. The van der Waals surface area contributed by atoms with Crippen molar-refractivity contribution in [1.29, 1.82) is 0 Å². The number of halogens is 3. The summed E-state index contributed by atoms with van der Waals surface area (Å²) >= 11 is 0. The van der Waals surface area contributed by atoms with Crippen LogP contribution in [0.15, 0.2) is 42.6 Å². The van der Waals surface area contributed by atoms with Gasteiger partial charge in [-0.3, -0.25) is 4.98 Å². The lowest BCUT2D eigenvalue weighted by Crippen LogP contribution is -2.47. The molecular formula is C25H29F3N2O3. The number of benzene rings is 1. The molecule has 3 heterocycles. The van der Waals surface area contributed by atoms with E-state index in [0.717, 1.165) is 42.7 Å². The van der Waals surface area contributed by atoms with Crippen LogP contribution in [0.5, 0.6) is 0 Å². The summed E-state index contributed by atoms with van der Waals surface area (Å²) < 4.78 is 50.2. The van der Waals surface area contributed by atoms with Crippen LogP contribution in [-0.2, 0) is 15.7 Å². The molecule has 4 rings (SSSR count). The Bertz CT molecular complexity index is 991. The zero-order chi connectivity index (χ0) is 23.9. The van der Waals surface area contributed by atoms with E-state index in [1.54, 1.807) is 4.90 Å². The van der Waals surface area contributed by atoms with Crippen LogP contribution in [0.2, 0.25) is 0 Å². The fourth-order valence-electron chi connectivity index (χ4n) is 4.51. The average Bonchev–Trinajstić information content (AvgIpc) is 3.16. The van der Waals surface area contributed by atoms with E-state index in [-0.39, 0.29) is 17.6 Å². The van der Waals surface area contributed by atoms with E-state index in [1.807, 2.05) is 45.0 Å². The van der Waals surface area contributed by atoms with Gasteiger partial charge in [0.15, 0.2) is 0 Å². The number of hydrogen-bond acceptors (Lipinski definition) is 4. The normalized spacial score (nSPS) is 20.8. The zero-order valence-electron chi connectivity index (χ0n) is 19.1. The average molecular weight is 463 g/mol. The fourth-order valence-corrected chi connectivity index (χ4v) is 4.51. The van der Waals surface area contributed by atoms with Gasteiger partial charge in [0.05, 0.1) is 23.5 Å². The number of aromatic nitrogens is 1. The molecule has 0 N–H and O–H groups in total. The Morgan fingerprint density at radius 2 is 1.88 bits per heavy atom. The molecule has 1 amide bonds. The second-order valence-electron chi connectivity index (χ2n) is 9.92. The lowest BCUT2D eigenvalue weighted by molar-refractivity contribution is -0.137. The summed E-state index contributed by atoms with van der Waals surface area (Å²) in [5.41, 5.74) is 0.831. The van der Waals surface area contributed by atoms with Crippen LogP contribution in [0, 0.1) is 0 Å². The van der Waals surface area contributed by atoms with Crippen molar-refractivity contribution in [2.45, 2.75) is 63.3 Å². The van der Waals surface area contributed by atoms with Gasteiger partial charge in [0.1, 0.15) is 5.60 Å². The largest absolute Gasteiger partial charge is 0.444 e. The van der Waals surface area contributed by atoms with E-state index >= 15 is 0 Å². The summed E-state index contributed by atoms with van der Waals surface area (Å²) in [6.07, 6.45) is -1.47. The van der Waals surface area contributed by atoms with E-state index < -0.39 is 17.3 Å². The van der Waals surface area contributed by atoms with E-state index in [0.29, 0.717) is 25.4 Å². The third-order valence-electron chi connectivity index (χ3n) is 6.28. The molecule has 178 valence electrons. The van der Waals surface area contributed by atoms with Crippen LogP contribution in [0.25, 0.3) is 11.3 Å². The molecule has 1 aromatic carbocycles. The molecule has 0 aliphatic carbocycles. The fraction of sp³-hybridized carbons (Fsp3) is 0.520. The highest BCUT2D eigenvalue weighted by atomic mass is 19.4. The lowest BCUT2D eigenvalue weighted by atomic mass is 9.83. The summed E-state index contributed by atoms with van der Waals surface area (Å²) in [6.45, 7) is 7.34. The molecular weight excluding hydrogens is 433 g/mol. The Balaban J connectivity index is 1.40. The van der Waals surface area contributed by atoms with Crippen LogP contribution >= 0.6 is 0 Å². The molecule has 33 heavy (non-hydrogen) atoms. The van der Waals surface area contributed by atoms with Crippen LogP contribution in [0.4, 0.5) is 18.0 Å². The number of nitrogens with zero attached hydrogens (tertiary/aromatic N) is 2. The molecule has 0 radical (unpaired) electrons. The van der Waals surface area contributed by atoms with Gasteiger partial charge >= 0.3 is 12.3 Å². The van der Waals surface area contributed by atoms with Crippen LogP contribution in [-0.4, -0.2) is 46.9 Å². The first-order valence-electron chi connectivity index (χ1n) is 11.2. The van der Waals surface area contributed by atoms with Gasteiger partial charge in [-0.05, 0) is 63.8 Å². The molecule has 2 aliphatic rings. The standard InChI is InChI=1S/C25H29F3N2O3/c1-23(2,3)33-22(31)30-11-9-24(10-12-30)14-19(16-32-24)17-5-4-6-18(13-17)21-8-7-20(15-29-21)25(26,27)28/h4-8,13,15,19H,9-12,14,16H2,1-3H3/t19-/m0/s1. The number of hydrogen-bond donors (Lipinski definition) is 0. The number of likely N-dealkylation sites (tertiary alicyclic amines) is 1. The van der Waals surface area contributed by atoms with Crippen LogP contribution < -0.4 is 0 Å². The van der Waals surface area contributed by atoms with E-state index in [1.165, 1.54) is 6.07 Å². The molecule has 8 heteroatoms. The Morgan fingerprint density at radius 1 is 1.15 bits per heavy atom. The molecule has 1 spiro atoms. The molecule has 0 bridgehead atoms. The molecule has 2 aromatic rings. The third-order valence-corrected chi connectivity index (χ3v) is 6.28. The quantitative estimate of drug-likeness (QED) is 0.546. The number of carbonyl (C=O) groups excluding carboxylic acids is 1. The summed E-state index contributed by atoms with van der Waals surface area (Å²) in [5, 5.41) is 0. The molecule has 5 nitrogen and oxygen atoms in total. The molecule has 0 unspecified atom stereocenters. The SMILES string of the molecule is CC(C)(C)OC(=O)N1CCC2(CC1)C[C@H](c1cccc(-c3ccc(C(F)(F)F)cn3)c1)CO2. The Hall–Kier alpha value is -2.61. The first kappa shape index (κ1) is 23.5. The van der Waals surface area contributed by atoms with Crippen molar-refractivity contribution in [3.05, 3.63) is 53.7 Å². The molecule has 1 aromatic heterocycles. The Kier molecular flexibility index (Phi) is 6.16. The van der Waals surface area contributed by atoms with E-state index in [2.05, 4.69) is 4.98 Å². The van der Waals surface area contributed by atoms with Crippen molar-refractivity contribution in [3.8, 4) is 11.3 Å². The smallest absolute Gasteiger partial charge is 0.417 e. The van der Waals surface area contributed by atoms with Gasteiger partial charge < -0.3 is 14.4 Å². The lowest BCUT2D eigenvalue weighted by Gasteiger charge is -2.39. The van der Waals surface area contributed by atoms with Crippen molar-refractivity contribution < 1.29 is 27.4 Å². The molecule has 2 aliphatic heterocycles. The van der Waals surface area contributed by atoms with Gasteiger partial charge in [-0.2, -0.15) is 13.2 Å². The summed E-state index contributed by atoms with van der Waals surface area (Å²) in [5.74, 6) is 0.187. The maximum absolute atomic E-state index is 12.8. The number of alkyl halides is 3. The Labute approximate surface area is 191 Å². The number of piperidine rings is 1. The van der Waals surface area contributed by atoms with Gasteiger partial charge in [0, 0.05) is 30.8 Å². The van der Waals surface area contributed by atoms with Gasteiger partial charge in [-0.1, -0.05) is 18.2 Å². The highest BCUT2D eigenvalue weighted by Crippen LogP contribution is 2.43. The molecule has 1 atom stereocenters. The maximum Gasteiger partial charge on any atom is 0.417 e. The Morgan fingerprint density at radius 3 is 2.48 bits per heavy atom. The first-order chi connectivity index (χ1) is 15.4. The minimum Gasteiger partial charge on any atom is -0.444 e. The third kappa shape index (κ3) is 5.49. The van der Waals surface area contributed by atoms with Gasteiger partial charge in [0.2, 0.25) is 0 Å². The molecule has 2 fully saturated rings. The van der Waals surface area contributed by atoms with E-state index in [4.69, 9.17) is 9.47 Å². The second kappa shape index (κ2) is 8.63. The van der Waals surface area contributed by atoms with Crippen molar-refractivity contribution in [3.63, 3.8) is 0 Å². The summed E-state index contributed by atoms with van der Waals surface area (Å²) in [7, 11) is 0. The molecule has 2 saturated heterocycles. The number of amides is 1. The van der Waals surface area contributed by atoms with E-state index in [9.17, 15) is 18.0 Å². The summed E-state index contributed by atoms with van der Waals surface area (Å²) in [6, 6.07) is 10.2. The van der Waals surface area contributed by atoms with Gasteiger partial charge in [-0.25, -0.2) is 4.79 Å². The highest BCUT2D eigenvalue weighted by Gasteiger charge is 2.44. The zero-order valence-corrected chi connectivity index (χ0v) is 19.1. The number of carbonyl (C=O) groups is 1. The minimum atomic E-state index is -4.40. The van der Waals surface area contributed by atoms with Crippen molar-refractivity contribution in [1.82, 2.24) is 9.88 Å². The number of ether oxygens (including phenoxy) is 2. The monoisotopic (exact) mass is 462 g/mol. The second-order valence-corrected chi connectivity index (χ2v) is 9.92. The van der Waals surface area contributed by atoms with Crippen LogP contribution in [0.1, 0.15) is 57.1 Å². The van der Waals surface area contributed by atoms with Crippen molar-refractivity contribution in [2.75, 3.05) is 19.7 Å². The van der Waals surface area contributed by atoms with Crippen molar-refractivity contribution in [2.24, 2.45) is 0 Å². The van der Waals surface area contributed by atoms with Crippen molar-refractivity contribution >= 4 is 6.09 Å². The number of rotatable bonds is 2. The van der Waals surface area contributed by atoms with Crippen LogP contribution in [0.3, 0.4) is 0 Å². The maximum atomic E-state index is 12.8. The minimum absolute atomic E-state index is 0.187. The molecule has 0 saturated carbocycles. The predicted molar refractivity (Wildman–Crippen MR) is 118 cm³/mol.